The molecule has 0 spiro atoms. The second kappa shape index (κ2) is 4.14. The van der Waals surface area contributed by atoms with Gasteiger partial charge in [-0.3, -0.25) is 0 Å². The first-order chi connectivity index (χ1) is 7.66. The molecular weight excluding hydrogens is 204 g/mol. The molecule has 0 saturated carbocycles. The zero-order chi connectivity index (χ0) is 11.5. The fraction of sp³-hybridized carbons (Fsp3) is 0.0769. The third-order valence-electron chi connectivity index (χ3n) is 2.28. The van der Waals surface area contributed by atoms with Gasteiger partial charge in [-0.15, -0.1) is 0 Å². The van der Waals surface area contributed by atoms with Crippen molar-refractivity contribution in [1.29, 1.82) is 0 Å². The Morgan fingerprint density at radius 3 is 2.44 bits per heavy atom. The highest BCUT2D eigenvalue weighted by atomic mass is 16.6. The molecule has 0 unspecified atom stereocenters. The molecule has 1 aliphatic rings. The molecule has 0 atom stereocenters. The Morgan fingerprint density at radius 1 is 1.19 bits per heavy atom. The number of carbonyl (C=O) groups excluding carboxylic acids is 2. The predicted molar refractivity (Wildman–Crippen MR) is 59.3 cm³/mol. The first kappa shape index (κ1) is 10.4. The molecule has 0 radical (unpaired) electrons. The molecule has 3 nitrogen and oxygen atoms in total. The molecule has 80 valence electrons. The highest BCUT2D eigenvalue weighted by Crippen LogP contribution is 2.19. The molecule has 1 aromatic rings. The van der Waals surface area contributed by atoms with E-state index in [0.29, 0.717) is 5.57 Å². The number of esters is 2. The lowest BCUT2D eigenvalue weighted by atomic mass is 10.1. The second-order valence-electron chi connectivity index (χ2n) is 3.50. The van der Waals surface area contributed by atoms with Crippen LogP contribution in [-0.4, -0.2) is 11.9 Å². The molecule has 0 aliphatic carbocycles. The smallest absolute Gasteiger partial charge is 0.346 e. The van der Waals surface area contributed by atoms with E-state index in [0.717, 1.165) is 11.1 Å². The van der Waals surface area contributed by atoms with Gasteiger partial charge in [0.1, 0.15) is 0 Å². The summed E-state index contributed by atoms with van der Waals surface area (Å²) in [5.74, 6) is -1.17. The largest absolute Gasteiger partial charge is 0.386 e. The number of carbonyl (C=O) groups is 2. The van der Waals surface area contributed by atoms with E-state index in [1.807, 2.05) is 36.4 Å². The number of hydrogen-bond acceptors (Lipinski definition) is 3. The summed E-state index contributed by atoms with van der Waals surface area (Å²) in [7, 11) is 0. The Hall–Kier alpha value is -2.16. The third kappa shape index (κ3) is 2.08. The van der Waals surface area contributed by atoms with Gasteiger partial charge in [-0.2, -0.15) is 0 Å². The molecule has 0 bridgehead atoms. The Kier molecular flexibility index (Phi) is 2.68. The van der Waals surface area contributed by atoms with Crippen LogP contribution in [-0.2, 0) is 14.3 Å². The van der Waals surface area contributed by atoms with Crippen LogP contribution in [0.4, 0.5) is 0 Å². The molecule has 0 saturated heterocycles. The van der Waals surface area contributed by atoms with Gasteiger partial charge in [-0.05, 0) is 18.1 Å². The standard InChI is InChI=1S/C13H10O3/c1-9(7-10-5-3-2-4-6-10)11-8-12(14)16-13(11)15/h2-8H,1H3. The maximum atomic E-state index is 11.3. The average molecular weight is 214 g/mol. The number of hydrogen-bond donors (Lipinski definition) is 0. The average Bonchev–Trinajstić information content (AvgIpc) is 2.59. The minimum atomic E-state index is -0.596. The highest BCUT2D eigenvalue weighted by molar-refractivity contribution is 6.12. The minimum absolute atomic E-state index is 0.328. The van der Waals surface area contributed by atoms with Gasteiger partial charge in [0.2, 0.25) is 0 Å². The van der Waals surface area contributed by atoms with Crippen LogP contribution in [0, 0.1) is 0 Å². The summed E-state index contributed by atoms with van der Waals surface area (Å²) in [6.45, 7) is 1.78. The molecule has 16 heavy (non-hydrogen) atoms. The van der Waals surface area contributed by atoms with Crippen molar-refractivity contribution >= 4 is 18.0 Å². The van der Waals surface area contributed by atoms with Crippen molar-refractivity contribution in [3.8, 4) is 0 Å². The van der Waals surface area contributed by atoms with Crippen molar-refractivity contribution in [3.63, 3.8) is 0 Å². The van der Waals surface area contributed by atoms with E-state index in [-0.39, 0.29) is 0 Å². The Balaban J connectivity index is 2.29. The molecule has 0 amide bonds. The normalized spacial score (nSPS) is 16.1. The van der Waals surface area contributed by atoms with Crippen molar-refractivity contribution in [2.45, 2.75) is 6.92 Å². The maximum Gasteiger partial charge on any atom is 0.346 e. The molecule has 1 heterocycles. The Bertz CT molecular complexity index is 495. The van der Waals surface area contributed by atoms with Gasteiger partial charge in [0, 0.05) is 6.08 Å². The van der Waals surface area contributed by atoms with E-state index < -0.39 is 11.9 Å². The van der Waals surface area contributed by atoms with Gasteiger partial charge in [-0.25, -0.2) is 9.59 Å². The molecule has 3 heteroatoms. The predicted octanol–water partition coefficient (Wildman–Crippen LogP) is 2.10. The first-order valence-corrected chi connectivity index (χ1v) is 4.88. The van der Waals surface area contributed by atoms with Crippen molar-refractivity contribution in [3.05, 3.63) is 53.1 Å². The minimum Gasteiger partial charge on any atom is -0.386 e. The van der Waals surface area contributed by atoms with Gasteiger partial charge in [0.15, 0.2) is 0 Å². The summed E-state index contributed by atoms with van der Waals surface area (Å²) in [5.41, 5.74) is 2.03. The molecule has 0 aromatic heterocycles. The highest BCUT2D eigenvalue weighted by Gasteiger charge is 2.24. The van der Waals surface area contributed by atoms with Crippen LogP contribution in [0.2, 0.25) is 0 Å². The molecule has 0 N–H and O–H groups in total. The van der Waals surface area contributed by atoms with Gasteiger partial charge in [-0.1, -0.05) is 36.4 Å². The van der Waals surface area contributed by atoms with Crippen molar-refractivity contribution in [1.82, 2.24) is 0 Å². The van der Waals surface area contributed by atoms with E-state index in [1.165, 1.54) is 6.08 Å². The monoisotopic (exact) mass is 214 g/mol. The number of ether oxygens (including phenoxy) is 1. The summed E-state index contributed by atoms with van der Waals surface area (Å²) >= 11 is 0. The SMILES string of the molecule is CC(=Cc1ccccc1)C1=CC(=O)OC1=O. The lowest BCUT2D eigenvalue weighted by Gasteiger charge is -1.99. The van der Waals surface area contributed by atoms with E-state index in [1.54, 1.807) is 6.92 Å². The fourth-order valence-corrected chi connectivity index (χ4v) is 1.50. The van der Waals surface area contributed by atoms with Crippen LogP contribution in [0.5, 0.6) is 0 Å². The van der Waals surface area contributed by atoms with Crippen molar-refractivity contribution in [2.75, 3.05) is 0 Å². The van der Waals surface area contributed by atoms with Gasteiger partial charge in [0.05, 0.1) is 5.57 Å². The summed E-state index contributed by atoms with van der Waals surface area (Å²) in [6.07, 6.45) is 3.06. The van der Waals surface area contributed by atoms with E-state index in [2.05, 4.69) is 4.74 Å². The lowest BCUT2D eigenvalue weighted by molar-refractivity contribution is -0.150. The zero-order valence-electron chi connectivity index (χ0n) is 8.77. The van der Waals surface area contributed by atoms with Crippen LogP contribution in [0.3, 0.4) is 0 Å². The van der Waals surface area contributed by atoms with Gasteiger partial charge < -0.3 is 4.74 Å². The molecule has 1 aromatic carbocycles. The van der Waals surface area contributed by atoms with Gasteiger partial charge >= 0.3 is 11.9 Å². The quantitative estimate of drug-likeness (QED) is 0.559. The third-order valence-corrected chi connectivity index (χ3v) is 2.28. The molecule has 1 aliphatic heterocycles. The van der Waals surface area contributed by atoms with Crippen molar-refractivity contribution in [2.24, 2.45) is 0 Å². The number of rotatable bonds is 2. The van der Waals surface area contributed by atoms with Crippen LogP contribution in [0.1, 0.15) is 12.5 Å². The maximum absolute atomic E-state index is 11.3. The number of cyclic esters (lactones) is 2. The molecular formula is C13H10O3. The zero-order valence-corrected chi connectivity index (χ0v) is 8.77. The summed E-state index contributed by atoms with van der Waals surface area (Å²) < 4.78 is 4.42. The second-order valence-corrected chi connectivity index (χ2v) is 3.50. The lowest BCUT2D eigenvalue weighted by Crippen LogP contribution is -2.02. The van der Waals surface area contributed by atoms with Crippen LogP contribution in [0.15, 0.2) is 47.6 Å². The Labute approximate surface area is 93.0 Å². The fourth-order valence-electron chi connectivity index (χ4n) is 1.50. The Morgan fingerprint density at radius 2 is 1.88 bits per heavy atom. The van der Waals surface area contributed by atoms with Crippen LogP contribution < -0.4 is 0 Å². The summed E-state index contributed by atoms with van der Waals surface area (Å²) in [4.78, 5) is 22.1. The van der Waals surface area contributed by atoms with E-state index in [9.17, 15) is 9.59 Å². The first-order valence-electron chi connectivity index (χ1n) is 4.88. The molecule has 0 fully saturated rings. The summed E-state index contributed by atoms with van der Waals surface area (Å²) in [5, 5.41) is 0. The summed E-state index contributed by atoms with van der Waals surface area (Å²) in [6, 6.07) is 9.58. The van der Waals surface area contributed by atoms with Crippen LogP contribution in [0.25, 0.3) is 6.08 Å². The molecule has 2 rings (SSSR count). The van der Waals surface area contributed by atoms with Gasteiger partial charge in [0.25, 0.3) is 0 Å². The van der Waals surface area contributed by atoms with E-state index >= 15 is 0 Å². The van der Waals surface area contributed by atoms with Crippen molar-refractivity contribution < 1.29 is 14.3 Å². The van der Waals surface area contributed by atoms with Crippen LogP contribution >= 0.6 is 0 Å². The van der Waals surface area contributed by atoms with E-state index in [4.69, 9.17) is 0 Å². The number of benzene rings is 1. The topological polar surface area (TPSA) is 43.4 Å².